The van der Waals surface area contributed by atoms with Gasteiger partial charge in [-0.15, -0.1) is 0 Å². The van der Waals surface area contributed by atoms with Gasteiger partial charge in [0.25, 0.3) is 0 Å². The first kappa shape index (κ1) is 42.5. The molecule has 2 rings (SSSR count). The normalized spacial score (nSPS) is 40.5. The van der Waals surface area contributed by atoms with Gasteiger partial charge in [-0.2, -0.15) is 6.08 Å². The van der Waals surface area contributed by atoms with Gasteiger partial charge in [0.2, 0.25) is 0 Å². The molecule has 1 fully saturated rings. The number of carbonyl (C=O) groups is 2. The van der Waals surface area contributed by atoms with Crippen LogP contribution >= 0.6 is 0 Å². The molecule has 0 aliphatic carbocycles. The van der Waals surface area contributed by atoms with E-state index in [1.54, 1.807) is 19.3 Å². The number of allylic oxidation sites excluding steroid dienone is 3. The standard InChI is InChI=1S/C37H62NO7.Rh/c1-14-19-42-37(10)22-25(6)34(45-36-35(41-13)33(38(11)12)27(8)28(9)43-36)26(7)24(5)21-32(40)44-30(16-3)29(15-2)20-23(4)17-18-31(37)39;/h14,17-20,24-30,33-36H,1,15-16,21-22H2,2-13H3;/q-1;/b18-17+,19-14+,23-20+;/t24-,25+,26+,27?,28?,29+,30-,33?,34+,35?,36?,37?;/m1./s1. The summed E-state index contributed by atoms with van der Waals surface area (Å²) in [5.74, 6) is -0.408. The van der Waals surface area contributed by atoms with Crippen molar-refractivity contribution < 1.29 is 52.8 Å². The molecule has 8 nitrogen and oxygen atoms in total. The molecule has 2 aliphatic rings. The van der Waals surface area contributed by atoms with Crippen LogP contribution in [0.25, 0.3) is 0 Å². The number of methoxy groups -OCH3 is 1. The molecule has 0 saturated carbocycles. The Hall–Kier alpha value is -1.51. The van der Waals surface area contributed by atoms with Crippen molar-refractivity contribution >= 4 is 11.8 Å². The number of hydrogen-bond acceptors (Lipinski definition) is 8. The van der Waals surface area contributed by atoms with E-state index in [0.29, 0.717) is 12.8 Å². The zero-order chi connectivity index (χ0) is 34.1. The van der Waals surface area contributed by atoms with Crippen LogP contribution in [0.2, 0.25) is 0 Å². The summed E-state index contributed by atoms with van der Waals surface area (Å²) in [6.45, 7) is 22.2. The van der Waals surface area contributed by atoms with Crippen molar-refractivity contribution in [1.82, 2.24) is 4.90 Å². The zero-order valence-corrected chi connectivity index (χ0v) is 32.1. The molecule has 0 N–H and O–H groups in total. The average Bonchev–Trinajstić information content (AvgIpc) is 2.99. The van der Waals surface area contributed by atoms with E-state index in [-0.39, 0.29) is 97.7 Å². The van der Waals surface area contributed by atoms with E-state index >= 15 is 0 Å². The Balaban J connectivity index is 0.0000106. The molecular weight excluding hydrogens is 673 g/mol. The summed E-state index contributed by atoms with van der Waals surface area (Å²) in [7, 11) is 5.80. The second-order valence-corrected chi connectivity index (χ2v) is 13.9. The van der Waals surface area contributed by atoms with Crippen LogP contribution in [0.1, 0.15) is 88.0 Å². The molecule has 0 spiro atoms. The van der Waals surface area contributed by atoms with Gasteiger partial charge in [-0.05, 0) is 78.0 Å². The van der Waals surface area contributed by atoms with Gasteiger partial charge >= 0.3 is 5.97 Å². The van der Waals surface area contributed by atoms with E-state index < -0.39 is 11.9 Å². The van der Waals surface area contributed by atoms with Crippen molar-refractivity contribution in [3.63, 3.8) is 0 Å². The molecule has 12 atom stereocenters. The van der Waals surface area contributed by atoms with Gasteiger partial charge in [-0.25, -0.2) is 6.92 Å². The number of ether oxygens (including phenoxy) is 5. The average molecular weight is 736 g/mol. The molecule has 0 bridgehead atoms. The van der Waals surface area contributed by atoms with Crippen molar-refractivity contribution in [2.45, 2.75) is 130 Å². The quantitative estimate of drug-likeness (QED) is 0.115. The third-order valence-corrected chi connectivity index (χ3v) is 10.1. The zero-order valence-electron chi connectivity index (χ0n) is 30.4. The second-order valence-electron chi connectivity index (χ2n) is 13.9. The number of esters is 1. The van der Waals surface area contributed by atoms with Gasteiger partial charge in [-0.3, -0.25) is 9.59 Å². The maximum atomic E-state index is 13.8. The van der Waals surface area contributed by atoms with E-state index in [4.69, 9.17) is 23.7 Å². The van der Waals surface area contributed by atoms with Crippen molar-refractivity contribution in [3.8, 4) is 0 Å². The molecule has 0 aromatic rings. The third kappa shape index (κ3) is 11.0. The molecule has 6 unspecified atom stereocenters. The second kappa shape index (κ2) is 19.5. The fourth-order valence-electron chi connectivity index (χ4n) is 7.07. The Morgan fingerprint density at radius 3 is 2.22 bits per heavy atom. The smallest absolute Gasteiger partial charge is 0.306 e. The summed E-state index contributed by atoms with van der Waals surface area (Å²) in [5.41, 5.74) is -0.231. The summed E-state index contributed by atoms with van der Waals surface area (Å²) in [4.78, 5) is 29.4. The molecule has 0 aromatic carbocycles. The molecule has 0 aromatic heterocycles. The Morgan fingerprint density at radius 2 is 1.67 bits per heavy atom. The third-order valence-electron chi connectivity index (χ3n) is 10.1. The predicted octanol–water partition coefficient (Wildman–Crippen LogP) is 6.94. The van der Waals surface area contributed by atoms with Crippen LogP contribution in [0.15, 0.2) is 36.1 Å². The maximum Gasteiger partial charge on any atom is 0.306 e. The first-order chi connectivity index (χ1) is 21.1. The topological polar surface area (TPSA) is 83.5 Å². The number of nitrogens with zero attached hydrogens (tertiary/aromatic N) is 1. The SMILES string of the molecule is [CH2-]/C=C/OC1(C)C[C@H](C)[C@H](OC2OC(C)C(C)C(N(C)C)C2OC)[C@@H](C)[C@H](C)CC(=O)O[C@H](CC)[C@@H](CC)/C=C(C)/C=C/C1=O.[Rh]. The fraction of sp³-hybridized carbons (Fsp3) is 0.757. The number of cyclic esters (lactones) is 1. The summed E-state index contributed by atoms with van der Waals surface area (Å²) >= 11 is 0. The Labute approximate surface area is 292 Å². The molecule has 0 amide bonds. The number of ketones is 1. The van der Waals surface area contributed by atoms with E-state index in [1.165, 1.54) is 6.26 Å². The summed E-state index contributed by atoms with van der Waals surface area (Å²) < 4.78 is 31.6. The molecule has 267 valence electrons. The van der Waals surface area contributed by atoms with Gasteiger partial charge in [-0.1, -0.05) is 65.5 Å². The number of likely N-dealkylation sites (N-methyl/N-ethyl adjacent to an activating group) is 1. The van der Waals surface area contributed by atoms with Crippen LogP contribution in [0.5, 0.6) is 0 Å². The van der Waals surface area contributed by atoms with Crippen molar-refractivity contribution in [3.05, 3.63) is 43.1 Å². The number of hydrogen-bond donors (Lipinski definition) is 0. The van der Waals surface area contributed by atoms with E-state index in [0.717, 1.165) is 12.0 Å². The first-order valence-corrected chi connectivity index (χ1v) is 16.9. The number of carbonyl (C=O) groups excluding carboxylic acids is 2. The molecule has 9 heteroatoms. The van der Waals surface area contributed by atoms with Crippen LogP contribution in [-0.2, 0) is 52.8 Å². The minimum Gasteiger partial charge on any atom is -0.574 e. The van der Waals surface area contributed by atoms with Crippen LogP contribution in [0.3, 0.4) is 0 Å². The van der Waals surface area contributed by atoms with Gasteiger partial charge in [0.05, 0.1) is 12.2 Å². The maximum absolute atomic E-state index is 13.8. The van der Waals surface area contributed by atoms with Crippen LogP contribution in [-0.4, -0.2) is 80.2 Å². The largest absolute Gasteiger partial charge is 0.574 e. The predicted molar refractivity (Wildman–Crippen MR) is 179 cm³/mol. The molecular formula is C37H62NO7Rh-. The Kier molecular flexibility index (Phi) is 18.0. The van der Waals surface area contributed by atoms with Crippen molar-refractivity contribution in [2.24, 2.45) is 29.6 Å². The number of rotatable bonds is 8. The van der Waals surface area contributed by atoms with Crippen LogP contribution in [0.4, 0.5) is 0 Å². The van der Waals surface area contributed by atoms with Gasteiger partial charge in [0, 0.05) is 50.9 Å². The van der Waals surface area contributed by atoms with Gasteiger partial charge in [0.1, 0.15) is 17.8 Å². The Bertz CT molecular complexity index is 1040. The van der Waals surface area contributed by atoms with Gasteiger partial charge < -0.3 is 28.6 Å². The Morgan fingerprint density at radius 1 is 1.02 bits per heavy atom. The summed E-state index contributed by atoms with van der Waals surface area (Å²) in [6, 6.07) is 0.0734. The minimum atomic E-state index is -1.16. The van der Waals surface area contributed by atoms with E-state index in [1.807, 2.05) is 26.8 Å². The summed E-state index contributed by atoms with van der Waals surface area (Å²) in [5, 5.41) is 0. The van der Waals surface area contributed by atoms with Crippen molar-refractivity contribution in [1.29, 1.82) is 0 Å². The molecule has 2 heterocycles. The van der Waals surface area contributed by atoms with Crippen LogP contribution in [0, 0.1) is 36.5 Å². The fourth-order valence-corrected chi connectivity index (χ4v) is 7.07. The first-order valence-electron chi connectivity index (χ1n) is 16.9. The van der Waals surface area contributed by atoms with Gasteiger partial charge in [0.15, 0.2) is 12.1 Å². The molecule has 2 aliphatic heterocycles. The summed E-state index contributed by atoms with van der Waals surface area (Å²) in [6.07, 6.45) is 9.02. The monoisotopic (exact) mass is 735 g/mol. The molecule has 1 radical (unpaired) electrons. The van der Waals surface area contributed by atoms with Crippen molar-refractivity contribution in [2.75, 3.05) is 21.2 Å². The van der Waals surface area contributed by atoms with E-state index in [2.05, 4.69) is 73.5 Å². The molecule has 46 heavy (non-hydrogen) atoms. The molecule has 1 saturated heterocycles. The van der Waals surface area contributed by atoms with E-state index in [9.17, 15) is 9.59 Å². The minimum absolute atomic E-state index is 0. The van der Waals surface area contributed by atoms with Crippen LogP contribution < -0.4 is 0 Å².